The van der Waals surface area contributed by atoms with Gasteiger partial charge in [0.15, 0.2) is 31.3 Å². The first-order chi connectivity index (χ1) is 48.4. The highest BCUT2D eigenvalue weighted by Gasteiger charge is 2.51. The summed E-state index contributed by atoms with van der Waals surface area (Å²) in [5, 5.41) is 4.40. The molecule has 2 unspecified atom stereocenters. The van der Waals surface area contributed by atoms with Gasteiger partial charge in [-0.1, -0.05) is 232 Å². The third-order valence-electron chi connectivity index (χ3n) is 20.6. The van der Waals surface area contributed by atoms with Crippen LogP contribution in [0, 0.1) is 34.9 Å². The lowest BCUT2D eigenvalue weighted by Gasteiger charge is -2.35. The Morgan fingerprint density at radius 2 is 0.576 bits per heavy atom. The molecule has 14 aromatic rings. The number of nitrogens with zero attached hydrogens (tertiary/aromatic N) is 2. The van der Waals surface area contributed by atoms with Crippen molar-refractivity contribution in [3.8, 4) is 33.4 Å². The van der Waals surface area contributed by atoms with Gasteiger partial charge in [-0.05, 0) is 207 Å². The molecule has 2 nitrogen and oxygen atoms in total. The van der Waals surface area contributed by atoms with E-state index in [0.29, 0.717) is 34.1 Å². The van der Waals surface area contributed by atoms with E-state index in [1.807, 2.05) is 107 Å². The Hall–Kier alpha value is -12.0. The van der Waals surface area contributed by atoms with Crippen LogP contribution in [0.25, 0.3) is 45.5 Å². The summed E-state index contributed by atoms with van der Waals surface area (Å²) in [5.74, 6) is -4.81. The molecule has 474 valence electrons. The Labute approximate surface area is 571 Å². The number of hydrogen-bond acceptors (Lipinski definition) is 2. The van der Waals surface area contributed by atoms with Crippen molar-refractivity contribution in [2.75, 3.05) is 9.80 Å². The minimum Gasteiger partial charge on any atom is -0.310 e. The SMILES string of the molecule is C=Cc1ccc(C2(c3ccc(F)cc3)c3ccccc3-c3ccc(N(c4ccc(F)c(F)c4)c4ccc5c(c4)-c4cc(N(c6ccc(F)c(F)c6)c6ccc7c(c6)C(c6ccc(F)cc6)(c6ccc(C=C)cc6)c6ccccc6-7)ccc4[Si]5(c4ccccc4)c4ccccc4)cc32)cc1. The van der Waals surface area contributed by atoms with Gasteiger partial charge in [-0.15, -0.1) is 0 Å². The van der Waals surface area contributed by atoms with E-state index in [2.05, 4.69) is 171 Å². The summed E-state index contributed by atoms with van der Waals surface area (Å²) in [6.07, 6.45) is 3.60. The van der Waals surface area contributed by atoms with Crippen molar-refractivity contribution in [3.63, 3.8) is 0 Å². The van der Waals surface area contributed by atoms with Crippen molar-refractivity contribution in [3.05, 3.63) is 419 Å². The number of anilines is 6. The smallest absolute Gasteiger partial charge is 0.180 e. The van der Waals surface area contributed by atoms with E-state index in [4.69, 9.17) is 0 Å². The maximum Gasteiger partial charge on any atom is 0.180 e. The van der Waals surface area contributed by atoms with Crippen LogP contribution in [0.4, 0.5) is 60.5 Å². The summed E-state index contributed by atoms with van der Waals surface area (Å²) >= 11 is 0. The molecule has 2 aliphatic carbocycles. The minimum absolute atomic E-state index is 0.352. The van der Waals surface area contributed by atoms with Gasteiger partial charge in [-0.25, -0.2) is 26.3 Å². The second-order valence-electron chi connectivity index (χ2n) is 25.5. The molecule has 2 atom stereocenters. The van der Waals surface area contributed by atoms with Crippen LogP contribution in [-0.4, -0.2) is 8.07 Å². The van der Waals surface area contributed by atoms with E-state index in [1.165, 1.54) is 36.4 Å². The molecule has 0 fully saturated rings. The fraction of sp³-hybridized carbons (Fsp3) is 0.0222. The fourth-order valence-electron chi connectivity index (χ4n) is 16.4. The monoisotopic (exact) mass is 1310 g/mol. The quantitative estimate of drug-likeness (QED) is 0.0791. The standard InChI is InChI=1S/C90H58F6N2Si/c1-3-57-23-27-59(28-24-57)89(61-31-35-63(91)36-32-61)79-21-13-11-19-73(79)75-45-39-67(53-81(75)89)97(69-41-47-83(93)85(95)55-69)65-43-49-87-77(51-65)78-52-66(44-50-88(78)99(87,71-15-7-5-8-16-71)72-17-9-6-10-18-72)98(70-42-48-84(94)86(96)56-70)68-40-46-76-74-20-12-14-22-80(74)90(82(76)54-68,62-33-37-64(92)38-34-62)60-29-25-58(4-2)26-30-60/h3-56H,1-2H2. The summed E-state index contributed by atoms with van der Waals surface area (Å²) in [6, 6.07) is 101. The van der Waals surface area contributed by atoms with Gasteiger partial charge in [-0.2, -0.15) is 0 Å². The number of fused-ring (bicyclic) bond motifs is 9. The Balaban J connectivity index is 0.915. The number of rotatable bonds is 14. The number of benzene rings is 14. The molecule has 0 saturated heterocycles. The summed E-state index contributed by atoms with van der Waals surface area (Å²) in [7, 11) is -3.32. The Bertz CT molecular complexity index is 5220. The summed E-state index contributed by atoms with van der Waals surface area (Å²) < 4.78 is 93.9. The molecule has 9 heteroatoms. The Morgan fingerprint density at radius 3 is 0.949 bits per heavy atom. The van der Waals surface area contributed by atoms with E-state index in [-0.39, 0.29) is 11.6 Å². The van der Waals surface area contributed by atoms with E-state index in [1.54, 1.807) is 24.3 Å². The van der Waals surface area contributed by atoms with Crippen molar-refractivity contribution in [2.24, 2.45) is 0 Å². The van der Waals surface area contributed by atoms with Crippen LogP contribution in [0.2, 0.25) is 0 Å². The van der Waals surface area contributed by atoms with E-state index < -0.39 is 42.2 Å². The van der Waals surface area contributed by atoms with E-state index in [0.717, 1.165) is 122 Å². The normalized spacial score (nSPS) is 15.6. The van der Waals surface area contributed by atoms with Crippen LogP contribution in [0.15, 0.2) is 329 Å². The highest BCUT2D eigenvalue weighted by molar-refractivity contribution is 7.22. The molecule has 0 radical (unpaired) electrons. The van der Waals surface area contributed by atoms with Crippen molar-refractivity contribution < 1.29 is 26.3 Å². The third-order valence-corrected chi connectivity index (χ3v) is 25.5. The number of hydrogen-bond donors (Lipinski definition) is 0. The van der Waals surface area contributed by atoms with Crippen LogP contribution in [0.3, 0.4) is 0 Å². The molecule has 17 rings (SSSR count). The Morgan fingerprint density at radius 1 is 0.263 bits per heavy atom. The zero-order chi connectivity index (χ0) is 67.3. The molecule has 0 spiro atoms. The molecule has 0 amide bonds. The van der Waals surface area contributed by atoms with Gasteiger partial charge in [0.2, 0.25) is 0 Å². The summed E-state index contributed by atoms with van der Waals surface area (Å²) in [4.78, 5) is 3.93. The van der Waals surface area contributed by atoms with E-state index >= 15 is 26.3 Å². The van der Waals surface area contributed by atoms with Crippen LogP contribution in [0.1, 0.15) is 55.6 Å². The topological polar surface area (TPSA) is 6.48 Å². The molecule has 0 bridgehead atoms. The van der Waals surface area contributed by atoms with Crippen LogP contribution in [-0.2, 0) is 10.8 Å². The third kappa shape index (κ3) is 9.25. The average Bonchev–Trinajstić information content (AvgIpc) is 1.56. The van der Waals surface area contributed by atoms with Crippen molar-refractivity contribution in [1.29, 1.82) is 0 Å². The lowest BCUT2D eigenvalue weighted by atomic mass is 9.67. The van der Waals surface area contributed by atoms with Crippen LogP contribution >= 0.6 is 0 Å². The lowest BCUT2D eigenvalue weighted by molar-refractivity contribution is 0.509. The van der Waals surface area contributed by atoms with Gasteiger partial charge in [0.1, 0.15) is 11.6 Å². The molecule has 0 aromatic heterocycles. The summed E-state index contributed by atoms with van der Waals surface area (Å²) in [5.41, 5.74) is 16.1. The molecule has 0 N–H and O–H groups in total. The van der Waals surface area contributed by atoms with Crippen molar-refractivity contribution in [2.45, 2.75) is 10.8 Å². The second-order valence-corrected chi connectivity index (χ2v) is 29.3. The molecular weight excluding hydrogens is 1250 g/mol. The number of halogens is 6. The minimum atomic E-state index is -3.32. The molecule has 3 aliphatic rings. The van der Waals surface area contributed by atoms with Gasteiger partial charge in [0.05, 0.1) is 10.8 Å². The molecule has 1 heterocycles. The van der Waals surface area contributed by atoms with Crippen molar-refractivity contribution in [1.82, 2.24) is 0 Å². The highest BCUT2D eigenvalue weighted by Crippen LogP contribution is 2.60. The predicted molar refractivity (Wildman–Crippen MR) is 393 cm³/mol. The van der Waals surface area contributed by atoms with E-state index in [9.17, 15) is 0 Å². The Kier molecular flexibility index (Phi) is 14.5. The first-order valence-corrected chi connectivity index (χ1v) is 34.8. The maximum absolute atomic E-state index is 16.3. The highest BCUT2D eigenvalue weighted by atomic mass is 28.3. The summed E-state index contributed by atoms with van der Waals surface area (Å²) in [6.45, 7) is 8.09. The van der Waals surface area contributed by atoms with Gasteiger partial charge >= 0.3 is 0 Å². The van der Waals surface area contributed by atoms with Gasteiger partial charge in [0.25, 0.3) is 0 Å². The first-order valence-electron chi connectivity index (χ1n) is 32.8. The molecular formula is C90H58F6N2Si. The van der Waals surface area contributed by atoms with Crippen molar-refractivity contribution >= 4 is 75.1 Å². The van der Waals surface area contributed by atoms with Crippen LogP contribution in [0.5, 0.6) is 0 Å². The average molecular weight is 1310 g/mol. The van der Waals surface area contributed by atoms with Gasteiger partial charge in [0, 0.05) is 46.3 Å². The largest absolute Gasteiger partial charge is 0.310 e. The maximum atomic E-state index is 16.3. The lowest BCUT2D eigenvalue weighted by Crippen LogP contribution is -2.72. The molecule has 0 saturated carbocycles. The zero-order valence-corrected chi connectivity index (χ0v) is 54.3. The van der Waals surface area contributed by atoms with Gasteiger partial charge in [-0.3, -0.25) is 0 Å². The van der Waals surface area contributed by atoms with Gasteiger partial charge < -0.3 is 9.80 Å². The van der Waals surface area contributed by atoms with Crippen LogP contribution < -0.4 is 30.5 Å². The molecule has 1 aliphatic heterocycles. The molecule has 99 heavy (non-hydrogen) atoms. The first kappa shape index (κ1) is 60.6. The zero-order valence-electron chi connectivity index (χ0n) is 53.3. The predicted octanol–water partition coefficient (Wildman–Crippen LogP) is 20.8. The second kappa shape index (κ2) is 23.7. The fourth-order valence-corrected chi connectivity index (χ4v) is 21.6. The molecule has 14 aromatic carbocycles.